The van der Waals surface area contributed by atoms with Crippen LogP contribution in [0.2, 0.25) is 0 Å². The number of amides is 1. The second kappa shape index (κ2) is 4.89. The number of hydrogen-bond acceptors (Lipinski definition) is 5. The average molecular weight is 301 g/mol. The molecule has 0 unspecified atom stereocenters. The van der Waals surface area contributed by atoms with Gasteiger partial charge in [-0.15, -0.1) is 0 Å². The van der Waals surface area contributed by atoms with Gasteiger partial charge in [0.15, 0.2) is 9.84 Å². The van der Waals surface area contributed by atoms with Crippen LogP contribution in [-0.2, 0) is 20.2 Å². The van der Waals surface area contributed by atoms with Crippen molar-refractivity contribution >= 4 is 21.7 Å². The van der Waals surface area contributed by atoms with Crippen LogP contribution < -0.4 is 5.32 Å². The van der Waals surface area contributed by atoms with Gasteiger partial charge in [0, 0.05) is 6.26 Å². The van der Waals surface area contributed by atoms with Crippen LogP contribution in [0.4, 0.5) is 0 Å². The van der Waals surface area contributed by atoms with Crippen molar-refractivity contribution in [2.24, 2.45) is 0 Å². The van der Waals surface area contributed by atoms with Crippen molar-refractivity contribution in [1.29, 1.82) is 0 Å². The maximum atomic E-state index is 11.7. The molecule has 1 saturated carbocycles. The molecule has 1 aliphatic carbocycles. The third-order valence-electron chi connectivity index (χ3n) is 3.24. The highest BCUT2D eigenvalue weighted by Gasteiger charge is 2.43. The Morgan fingerprint density at radius 3 is 2.55 bits per heavy atom. The summed E-state index contributed by atoms with van der Waals surface area (Å²) in [5.41, 5.74) is -0.848. The van der Waals surface area contributed by atoms with E-state index in [4.69, 9.17) is 5.11 Å². The van der Waals surface area contributed by atoms with Crippen LogP contribution in [0.25, 0.3) is 0 Å². The number of carboxylic acid groups (broad SMARTS) is 1. The van der Waals surface area contributed by atoms with Gasteiger partial charge in [0.05, 0.1) is 11.7 Å². The van der Waals surface area contributed by atoms with Gasteiger partial charge in [0.25, 0.3) is 0 Å². The molecule has 0 aliphatic heterocycles. The number of aromatic carboxylic acids is 1. The Balaban J connectivity index is 2.17. The zero-order chi connectivity index (χ0) is 15.0. The number of carbonyl (C=O) groups excluding carboxylic acids is 1. The Hall–Kier alpha value is -1.90. The SMILES string of the molecule is CS(=O)(=O)CC(=O)NC1(c2ncc(C(=O)O)[nH]2)CCC1. The Labute approximate surface area is 115 Å². The number of hydrogen-bond donors (Lipinski definition) is 3. The Morgan fingerprint density at radius 1 is 1.50 bits per heavy atom. The van der Waals surface area contributed by atoms with Gasteiger partial charge in [0.1, 0.15) is 17.3 Å². The van der Waals surface area contributed by atoms with Gasteiger partial charge in [-0.1, -0.05) is 0 Å². The molecule has 0 bridgehead atoms. The van der Waals surface area contributed by atoms with E-state index in [0.29, 0.717) is 18.7 Å². The molecule has 1 fully saturated rings. The van der Waals surface area contributed by atoms with Crippen LogP contribution in [0.15, 0.2) is 6.20 Å². The summed E-state index contributed by atoms with van der Waals surface area (Å²) in [6.45, 7) is 0. The molecule has 1 aliphatic rings. The summed E-state index contributed by atoms with van der Waals surface area (Å²) in [5.74, 6) is -1.99. The van der Waals surface area contributed by atoms with E-state index < -0.39 is 33.0 Å². The lowest BCUT2D eigenvalue weighted by Gasteiger charge is -2.40. The minimum Gasteiger partial charge on any atom is -0.477 e. The van der Waals surface area contributed by atoms with E-state index in [-0.39, 0.29) is 5.69 Å². The highest BCUT2D eigenvalue weighted by molar-refractivity contribution is 7.91. The molecule has 0 saturated heterocycles. The number of sulfone groups is 1. The first-order chi connectivity index (χ1) is 9.22. The van der Waals surface area contributed by atoms with Crippen molar-refractivity contribution in [2.75, 3.05) is 12.0 Å². The van der Waals surface area contributed by atoms with Crippen LogP contribution in [0, 0.1) is 0 Å². The number of imidazole rings is 1. The number of carboxylic acids is 1. The minimum atomic E-state index is -3.41. The fraction of sp³-hybridized carbons (Fsp3) is 0.545. The molecule has 8 nitrogen and oxygen atoms in total. The molecule has 110 valence electrons. The summed E-state index contributed by atoms with van der Waals surface area (Å²) < 4.78 is 22.2. The molecule has 0 radical (unpaired) electrons. The van der Waals surface area contributed by atoms with Crippen molar-refractivity contribution in [1.82, 2.24) is 15.3 Å². The lowest BCUT2D eigenvalue weighted by molar-refractivity contribution is -0.122. The van der Waals surface area contributed by atoms with Gasteiger partial charge in [-0.2, -0.15) is 0 Å². The van der Waals surface area contributed by atoms with Gasteiger partial charge in [-0.25, -0.2) is 18.2 Å². The van der Waals surface area contributed by atoms with Crippen molar-refractivity contribution in [3.63, 3.8) is 0 Å². The zero-order valence-electron chi connectivity index (χ0n) is 10.8. The van der Waals surface area contributed by atoms with E-state index in [2.05, 4.69) is 15.3 Å². The van der Waals surface area contributed by atoms with Crippen molar-refractivity contribution in [3.05, 3.63) is 17.7 Å². The fourth-order valence-electron chi connectivity index (χ4n) is 2.17. The molecule has 1 heterocycles. The molecule has 0 aromatic carbocycles. The molecule has 1 aromatic rings. The molecule has 1 amide bonds. The quantitative estimate of drug-likeness (QED) is 0.681. The van der Waals surface area contributed by atoms with Crippen LogP contribution in [0.1, 0.15) is 35.6 Å². The van der Waals surface area contributed by atoms with Gasteiger partial charge < -0.3 is 15.4 Å². The zero-order valence-corrected chi connectivity index (χ0v) is 11.7. The summed E-state index contributed by atoms with van der Waals surface area (Å²) in [6, 6.07) is 0. The summed E-state index contributed by atoms with van der Waals surface area (Å²) in [7, 11) is -3.41. The maximum absolute atomic E-state index is 11.7. The van der Waals surface area contributed by atoms with Gasteiger partial charge in [-0.3, -0.25) is 4.79 Å². The van der Waals surface area contributed by atoms with E-state index in [1.54, 1.807) is 0 Å². The normalized spacial score (nSPS) is 17.2. The Bertz CT molecular complexity index is 645. The topological polar surface area (TPSA) is 129 Å². The minimum absolute atomic E-state index is 0.0661. The molecule has 0 atom stereocenters. The largest absolute Gasteiger partial charge is 0.477 e. The third-order valence-corrected chi connectivity index (χ3v) is 4.03. The number of H-pyrrole nitrogens is 1. The van der Waals surface area contributed by atoms with E-state index in [1.165, 1.54) is 6.20 Å². The molecule has 3 N–H and O–H groups in total. The second-order valence-corrected chi connectivity index (χ2v) is 7.14. The molecule has 9 heteroatoms. The Kier molecular flexibility index (Phi) is 3.55. The third kappa shape index (κ3) is 2.98. The summed E-state index contributed by atoms with van der Waals surface area (Å²) in [4.78, 5) is 29.2. The smallest absolute Gasteiger partial charge is 0.353 e. The average Bonchev–Trinajstić information content (AvgIpc) is 2.70. The monoisotopic (exact) mass is 301 g/mol. The standard InChI is InChI=1S/C11H15N3O5S/c1-20(18,19)6-8(15)14-11(3-2-4-11)10-12-5-7(13-10)9(16)17/h5H,2-4,6H2,1H3,(H,12,13)(H,14,15)(H,16,17). The van der Waals surface area contributed by atoms with E-state index in [0.717, 1.165) is 12.7 Å². The predicted molar refractivity (Wildman–Crippen MR) is 68.9 cm³/mol. The van der Waals surface area contributed by atoms with Crippen LogP contribution >= 0.6 is 0 Å². The number of nitrogens with zero attached hydrogens (tertiary/aromatic N) is 1. The van der Waals surface area contributed by atoms with Gasteiger partial charge in [-0.05, 0) is 19.3 Å². The van der Waals surface area contributed by atoms with Crippen LogP contribution in [0.3, 0.4) is 0 Å². The predicted octanol–water partition coefficient (Wildman–Crippen LogP) is -0.352. The first-order valence-corrected chi connectivity index (χ1v) is 8.05. The first-order valence-electron chi connectivity index (χ1n) is 5.99. The summed E-state index contributed by atoms with van der Waals surface area (Å²) in [5, 5.41) is 11.5. The molecule has 2 rings (SSSR count). The number of nitrogens with one attached hydrogen (secondary N) is 2. The molecular formula is C11H15N3O5S. The summed E-state index contributed by atoms with van der Waals surface area (Å²) in [6.07, 6.45) is 4.20. The van der Waals surface area contributed by atoms with E-state index in [9.17, 15) is 18.0 Å². The van der Waals surface area contributed by atoms with Gasteiger partial charge >= 0.3 is 5.97 Å². The van der Waals surface area contributed by atoms with Crippen molar-refractivity contribution < 1.29 is 23.1 Å². The lowest BCUT2D eigenvalue weighted by Crippen LogP contribution is -2.52. The number of carbonyl (C=O) groups is 2. The van der Waals surface area contributed by atoms with Crippen molar-refractivity contribution in [2.45, 2.75) is 24.8 Å². The highest BCUT2D eigenvalue weighted by atomic mass is 32.2. The highest BCUT2D eigenvalue weighted by Crippen LogP contribution is 2.39. The second-order valence-electron chi connectivity index (χ2n) is 5.00. The number of rotatable bonds is 5. The molecule has 20 heavy (non-hydrogen) atoms. The number of aromatic nitrogens is 2. The molecular weight excluding hydrogens is 286 g/mol. The van der Waals surface area contributed by atoms with Crippen LogP contribution in [-0.4, -0.2) is 47.4 Å². The van der Waals surface area contributed by atoms with Gasteiger partial charge in [0.2, 0.25) is 5.91 Å². The molecule has 0 spiro atoms. The first kappa shape index (κ1) is 14.5. The summed E-state index contributed by atoms with van der Waals surface area (Å²) >= 11 is 0. The molecule has 1 aromatic heterocycles. The fourth-order valence-corrected chi connectivity index (χ4v) is 2.71. The van der Waals surface area contributed by atoms with E-state index in [1.807, 2.05) is 0 Å². The Morgan fingerprint density at radius 2 is 2.15 bits per heavy atom. The number of aromatic amines is 1. The van der Waals surface area contributed by atoms with Crippen molar-refractivity contribution in [3.8, 4) is 0 Å². The van der Waals surface area contributed by atoms with E-state index >= 15 is 0 Å². The van der Waals surface area contributed by atoms with Crippen LogP contribution in [0.5, 0.6) is 0 Å². The maximum Gasteiger partial charge on any atom is 0.353 e. The lowest BCUT2D eigenvalue weighted by atomic mass is 9.76.